The number of carbonyl (C=O) groups excluding carboxylic acids is 2. The number of benzene rings is 1. The third kappa shape index (κ3) is 5.08. The van der Waals surface area contributed by atoms with Gasteiger partial charge in [0.1, 0.15) is 17.9 Å². The van der Waals surface area contributed by atoms with Gasteiger partial charge in [0.2, 0.25) is 0 Å². The topological polar surface area (TPSA) is 101 Å². The molecule has 1 amide bonds. The lowest BCUT2D eigenvalue weighted by molar-refractivity contribution is -0.125. The SMILES string of the molecule is Cc1nc(COc2ccc(C(=O)OCC(=O)N[C@](C)(C#N)C3CC3)cc2)cs1. The van der Waals surface area contributed by atoms with Crippen molar-refractivity contribution in [2.45, 2.75) is 38.8 Å². The second-order valence-electron chi connectivity index (χ2n) is 6.88. The molecule has 0 spiro atoms. The van der Waals surface area contributed by atoms with Gasteiger partial charge in [-0.05, 0) is 56.9 Å². The zero-order chi connectivity index (χ0) is 20.1. The molecule has 3 rings (SSSR count). The molecule has 0 bridgehead atoms. The first-order valence-electron chi connectivity index (χ1n) is 8.93. The van der Waals surface area contributed by atoms with E-state index in [1.165, 1.54) is 0 Å². The van der Waals surface area contributed by atoms with Crippen molar-refractivity contribution in [2.75, 3.05) is 6.61 Å². The smallest absolute Gasteiger partial charge is 0.338 e. The van der Waals surface area contributed by atoms with Crippen molar-refractivity contribution in [1.82, 2.24) is 10.3 Å². The lowest BCUT2D eigenvalue weighted by Crippen LogP contribution is -2.48. The molecule has 1 N–H and O–H groups in total. The predicted octanol–water partition coefficient (Wildman–Crippen LogP) is 3.00. The average molecular weight is 399 g/mol. The van der Waals surface area contributed by atoms with Crippen LogP contribution in [0.5, 0.6) is 5.75 Å². The maximum Gasteiger partial charge on any atom is 0.338 e. The number of hydrogen-bond acceptors (Lipinski definition) is 7. The van der Waals surface area contributed by atoms with E-state index in [0.717, 1.165) is 23.5 Å². The Bertz CT molecular complexity index is 899. The van der Waals surface area contributed by atoms with E-state index in [1.54, 1.807) is 42.5 Å². The van der Waals surface area contributed by atoms with Crippen LogP contribution in [0.3, 0.4) is 0 Å². The first-order chi connectivity index (χ1) is 13.4. The van der Waals surface area contributed by atoms with Crippen LogP contribution in [-0.4, -0.2) is 29.0 Å². The van der Waals surface area contributed by atoms with E-state index in [1.807, 2.05) is 12.3 Å². The quantitative estimate of drug-likeness (QED) is 0.685. The van der Waals surface area contributed by atoms with E-state index in [9.17, 15) is 14.9 Å². The van der Waals surface area contributed by atoms with Gasteiger partial charge in [0.15, 0.2) is 6.61 Å². The van der Waals surface area contributed by atoms with E-state index < -0.39 is 24.0 Å². The Morgan fingerprint density at radius 2 is 2.07 bits per heavy atom. The molecule has 1 fully saturated rings. The number of nitrogens with one attached hydrogen (secondary N) is 1. The summed E-state index contributed by atoms with van der Waals surface area (Å²) in [5, 5.41) is 14.8. The minimum absolute atomic E-state index is 0.165. The zero-order valence-corrected chi connectivity index (χ0v) is 16.5. The number of nitrogens with zero attached hydrogens (tertiary/aromatic N) is 2. The molecule has 1 aliphatic carbocycles. The Labute approximate surface area is 167 Å². The van der Waals surface area contributed by atoms with Gasteiger partial charge in [0.05, 0.1) is 22.3 Å². The van der Waals surface area contributed by atoms with Crippen LogP contribution < -0.4 is 10.1 Å². The lowest BCUT2D eigenvalue weighted by Gasteiger charge is -2.22. The number of aryl methyl sites for hydroxylation is 1. The summed E-state index contributed by atoms with van der Waals surface area (Å²) in [7, 11) is 0. The van der Waals surface area contributed by atoms with Gasteiger partial charge in [0, 0.05) is 5.38 Å². The van der Waals surface area contributed by atoms with Gasteiger partial charge < -0.3 is 14.8 Å². The van der Waals surface area contributed by atoms with Crippen molar-refractivity contribution >= 4 is 23.2 Å². The Hall–Kier alpha value is -2.92. The third-order valence-corrected chi connectivity index (χ3v) is 5.33. The van der Waals surface area contributed by atoms with Gasteiger partial charge in [0.25, 0.3) is 5.91 Å². The lowest BCUT2D eigenvalue weighted by atomic mass is 9.98. The average Bonchev–Trinajstić information content (AvgIpc) is 3.47. The molecule has 0 aliphatic heterocycles. The summed E-state index contributed by atoms with van der Waals surface area (Å²) in [6.45, 7) is 3.55. The summed E-state index contributed by atoms with van der Waals surface area (Å²) < 4.78 is 10.7. The highest BCUT2D eigenvalue weighted by atomic mass is 32.1. The van der Waals surface area contributed by atoms with Crippen LogP contribution in [0.2, 0.25) is 0 Å². The standard InChI is InChI=1S/C20H21N3O4S/c1-13-22-16(11-28-13)9-26-17-7-3-14(4-8-17)19(25)27-10-18(24)23-20(2,12-21)15-5-6-15/h3-4,7-8,11,15H,5-6,9-10H2,1-2H3,(H,23,24)/t20-/m1/s1. The van der Waals surface area contributed by atoms with Crippen LogP contribution in [0, 0.1) is 24.2 Å². The molecule has 146 valence electrons. The Balaban J connectivity index is 1.46. The molecule has 1 saturated carbocycles. The molecule has 1 aliphatic rings. The molecule has 28 heavy (non-hydrogen) atoms. The zero-order valence-electron chi connectivity index (χ0n) is 15.7. The van der Waals surface area contributed by atoms with Crippen molar-refractivity contribution in [3.05, 3.63) is 45.9 Å². The molecular formula is C20H21N3O4S. The fourth-order valence-electron chi connectivity index (χ4n) is 2.74. The van der Waals surface area contributed by atoms with E-state index in [4.69, 9.17) is 9.47 Å². The number of aromatic nitrogens is 1. The molecule has 0 saturated heterocycles. The van der Waals surface area contributed by atoms with Crippen molar-refractivity contribution in [2.24, 2.45) is 5.92 Å². The van der Waals surface area contributed by atoms with E-state index in [2.05, 4.69) is 16.4 Å². The maximum atomic E-state index is 12.1. The number of hydrogen-bond donors (Lipinski definition) is 1. The fraction of sp³-hybridized carbons (Fsp3) is 0.400. The number of ether oxygens (including phenoxy) is 2. The molecule has 8 heteroatoms. The number of rotatable bonds is 8. The molecule has 1 atom stereocenters. The number of carbonyl (C=O) groups is 2. The first kappa shape index (κ1) is 19.8. The van der Waals surface area contributed by atoms with Gasteiger partial charge in [-0.2, -0.15) is 5.26 Å². The second kappa shape index (κ2) is 8.40. The summed E-state index contributed by atoms with van der Waals surface area (Å²) in [6, 6.07) is 8.61. The Morgan fingerprint density at radius 3 is 2.64 bits per heavy atom. The minimum atomic E-state index is -0.904. The minimum Gasteiger partial charge on any atom is -0.487 e. The maximum absolute atomic E-state index is 12.1. The van der Waals surface area contributed by atoms with Gasteiger partial charge in [-0.3, -0.25) is 4.79 Å². The van der Waals surface area contributed by atoms with Crippen LogP contribution in [0.4, 0.5) is 0 Å². The van der Waals surface area contributed by atoms with Crippen molar-refractivity contribution in [3.63, 3.8) is 0 Å². The molecule has 1 aromatic heterocycles. The number of nitriles is 1. The van der Waals surface area contributed by atoms with E-state index >= 15 is 0 Å². The van der Waals surface area contributed by atoms with E-state index in [0.29, 0.717) is 17.9 Å². The second-order valence-corrected chi connectivity index (χ2v) is 7.95. The number of esters is 1. The van der Waals surface area contributed by atoms with Crippen LogP contribution in [0.1, 0.15) is 40.8 Å². The molecule has 7 nitrogen and oxygen atoms in total. The Morgan fingerprint density at radius 1 is 1.36 bits per heavy atom. The largest absolute Gasteiger partial charge is 0.487 e. The van der Waals surface area contributed by atoms with E-state index in [-0.39, 0.29) is 5.92 Å². The Kier molecular flexibility index (Phi) is 5.95. The molecule has 0 unspecified atom stereocenters. The predicted molar refractivity (Wildman–Crippen MR) is 103 cm³/mol. The van der Waals surface area contributed by atoms with Gasteiger partial charge in [-0.25, -0.2) is 9.78 Å². The number of thiazole rings is 1. The molecule has 2 aromatic rings. The van der Waals surface area contributed by atoms with Gasteiger partial charge >= 0.3 is 5.97 Å². The van der Waals surface area contributed by atoms with Crippen LogP contribution in [-0.2, 0) is 16.1 Å². The first-order valence-corrected chi connectivity index (χ1v) is 9.81. The highest BCUT2D eigenvalue weighted by molar-refractivity contribution is 7.09. The fourth-order valence-corrected chi connectivity index (χ4v) is 3.34. The highest BCUT2D eigenvalue weighted by Gasteiger charge is 2.43. The monoisotopic (exact) mass is 399 g/mol. The summed E-state index contributed by atoms with van der Waals surface area (Å²) in [6.07, 6.45) is 1.83. The number of amides is 1. The molecule has 0 radical (unpaired) electrons. The molecule has 1 aromatic carbocycles. The molecular weight excluding hydrogens is 378 g/mol. The van der Waals surface area contributed by atoms with Gasteiger partial charge in [-0.15, -0.1) is 11.3 Å². The molecule has 1 heterocycles. The van der Waals surface area contributed by atoms with Crippen molar-refractivity contribution in [1.29, 1.82) is 5.26 Å². The highest BCUT2D eigenvalue weighted by Crippen LogP contribution is 2.39. The van der Waals surface area contributed by atoms with Gasteiger partial charge in [-0.1, -0.05) is 0 Å². The summed E-state index contributed by atoms with van der Waals surface area (Å²) in [4.78, 5) is 28.4. The van der Waals surface area contributed by atoms with Crippen LogP contribution >= 0.6 is 11.3 Å². The normalized spacial score (nSPS) is 15.2. The van der Waals surface area contributed by atoms with Crippen molar-refractivity contribution < 1.29 is 19.1 Å². The van der Waals surface area contributed by atoms with Crippen molar-refractivity contribution in [3.8, 4) is 11.8 Å². The summed E-state index contributed by atoms with van der Waals surface area (Å²) in [5.41, 5.74) is 0.265. The van der Waals surface area contributed by atoms with Crippen LogP contribution in [0.15, 0.2) is 29.6 Å². The van der Waals surface area contributed by atoms with Crippen LogP contribution in [0.25, 0.3) is 0 Å². The summed E-state index contributed by atoms with van der Waals surface area (Å²) >= 11 is 1.56. The summed E-state index contributed by atoms with van der Waals surface area (Å²) in [5.74, 6) is -0.322. The third-order valence-electron chi connectivity index (χ3n) is 4.50.